The predicted octanol–water partition coefficient (Wildman–Crippen LogP) is 2.60. The number of nitrogens with two attached hydrogens (primary N) is 1. The minimum Gasteiger partial charge on any atom is -0.327 e. The highest BCUT2D eigenvalue weighted by molar-refractivity contribution is 5.16. The van der Waals surface area contributed by atoms with E-state index in [0.29, 0.717) is 11.5 Å². The minimum atomic E-state index is 0.384. The lowest BCUT2D eigenvalue weighted by molar-refractivity contribution is 0.530. The van der Waals surface area contributed by atoms with Gasteiger partial charge in [0.25, 0.3) is 0 Å². The molecule has 1 aromatic carbocycles. The summed E-state index contributed by atoms with van der Waals surface area (Å²) in [6, 6.07) is 11.1. The Bertz CT molecular complexity index is 302. The van der Waals surface area contributed by atoms with Crippen LogP contribution in [0.5, 0.6) is 0 Å². The molecule has 1 heteroatoms. The molecule has 1 nitrogen and oxygen atoms in total. The number of rotatable bonds is 3. The third-order valence-electron chi connectivity index (χ3n) is 3.73. The normalized spacial score (nSPS) is 28.8. The summed E-state index contributed by atoms with van der Waals surface area (Å²) in [5.41, 5.74) is 7.82. The second-order valence-electron chi connectivity index (χ2n) is 4.98. The topological polar surface area (TPSA) is 26.0 Å². The third kappa shape index (κ3) is 1.69. The molecule has 1 fully saturated rings. The van der Waals surface area contributed by atoms with E-state index in [1.807, 2.05) is 0 Å². The van der Waals surface area contributed by atoms with Crippen LogP contribution in [0, 0.1) is 11.3 Å². The number of aryl methyl sites for hydroxylation is 1. The Labute approximate surface area is 86.3 Å². The summed E-state index contributed by atoms with van der Waals surface area (Å²) in [5, 5.41) is 0. The van der Waals surface area contributed by atoms with E-state index >= 15 is 0 Å². The Balaban J connectivity index is 1.85. The average Bonchev–Trinajstić information content (AvgIpc) is 2.65. The SMILES string of the molecule is CC1(C)C(N)C1CCc1ccccc1. The lowest BCUT2D eigenvalue weighted by Crippen LogP contribution is -2.06. The first-order chi connectivity index (χ1) is 6.62. The van der Waals surface area contributed by atoms with E-state index in [1.54, 1.807) is 0 Å². The first kappa shape index (κ1) is 9.72. The second-order valence-corrected chi connectivity index (χ2v) is 4.98. The molecule has 0 bridgehead atoms. The van der Waals surface area contributed by atoms with Crippen LogP contribution in [0.15, 0.2) is 30.3 Å². The molecule has 14 heavy (non-hydrogen) atoms. The van der Waals surface area contributed by atoms with Gasteiger partial charge in [-0.3, -0.25) is 0 Å². The van der Waals surface area contributed by atoms with Crippen molar-refractivity contribution in [3.8, 4) is 0 Å². The Hall–Kier alpha value is -0.820. The summed E-state index contributed by atoms with van der Waals surface area (Å²) in [4.78, 5) is 0. The second kappa shape index (κ2) is 3.39. The molecule has 0 heterocycles. The van der Waals surface area contributed by atoms with E-state index in [2.05, 4.69) is 44.2 Å². The standard InChI is InChI=1S/C13H19N/c1-13(2)11(12(13)14)9-8-10-6-4-3-5-7-10/h3-7,11-12H,8-9,14H2,1-2H3. The van der Waals surface area contributed by atoms with Gasteiger partial charge in [-0.05, 0) is 29.7 Å². The van der Waals surface area contributed by atoms with E-state index in [9.17, 15) is 0 Å². The van der Waals surface area contributed by atoms with Crippen LogP contribution in [0.4, 0.5) is 0 Å². The molecule has 2 N–H and O–H groups in total. The molecule has 2 rings (SSSR count). The Kier molecular flexibility index (Phi) is 2.36. The van der Waals surface area contributed by atoms with Crippen LogP contribution >= 0.6 is 0 Å². The van der Waals surface area contributed by atoms with Gasteiger partial charge in [0, 0.05) is 6.04 Å². The first-order valence-electron chi connectivity index (χ1n) is 5.42. The maximum atomic E-state index is 6.01. The summed E-state index contributed by atoms with van der Waals surface area (Å²) in [6.07, 6.45) is 2.40. The van der Waals surface area contributed by atoms with Crippen LogP contribution < -0.4 is 5.73 Å². The quantitative estimate of drug-likeness (QED) is 0.777. The zero-order valence-corrected chi connectivity index (χ0v) is 9.03. The van der Waals surface area contributed by atoms with E-state index in [0.717, 1.165) is 5.92 Å². The molecule has 2 unspecified atom stereocenters. The predicted molar refractivity (Wildman–Crippen MR) is 60.0 cm³/mol. The van der Waals surface area contributed by atoms with Crippen molar-refractivity contribution < 1.29 is 0 Å². The highest BCUT2D eigenvalue weighted by Gasteiger charge is 2.54. The molecule has 0 amide bonds. The summed E-state index contributed by atoms with van der Waals surface area (Å²) in [5.74, 6) is 0.725. The van der Waals surface area contributed by atoms with Crippen molar-refractivity contribution in [1.82, 2.24) is 0 Å². The zero-order chi connectivity index (χ0) is 10.2. The van der Waals surface area contributed by atoms with Crippen LogP contribution in [0.3, 0.4) is 0 Å². The molecule has 2 atom stereocenters. The van der Waals surface area contributed by atoms with Gasteiger partial charge in [0.15, 0.2) is 0 Å². The van der Waals surface area contributed by atoms with Crippen LogP contribution in [-0.2, 0) is 6.42 Å². The summed E-state index contributed by atoms with van der Waals surface area (Å²) in [7, 11) is 0. The van der Waals surface area contributed by atoms with Gasteiger partial charge in [0.05, 0.1) is 0 Å². The van der Waals surface area contributed by atoms with Crippen molar-refractivity contribution in [3.05, 3.63) is 35.9 Å². The number of hydrogen-bond donors (Lipinski definition) is 1. The molecular weight excluding hydrogens is 170 g/mol. The lowest BCUT2D eigenvalue weighted by atomic mass is 10.0. The summed E-state index contributed by atoms with van der Waals surface area (Å²) < 4.78 is 0. The van der Waals surface area contributed by atoms with Crippen LogP contribution in [-0.4, -0.2) is 6.04 Å². The molecule has 1 saturated carbocycles. The van der Waals surface area contributed by atoms with Crippen LogP contribution in [0.25, 0.3) is 0 Å². The van der Waals surface area contributed by atoms with Gasteiger partial charge >= 0.3 is 0 Å². The zero-order valence-electron chi connectivity index (χ0n) is 9.03. The van der Waals surface area contributed by atoms with Crippen molar-refractivity contribution in [2.75, 3.05) is 0 Å². The van der Waals surface area contributed by atoms with Crippen molar-refractivity contribution in [2.45, 2.75) is 32.7 Å². The number of hydrogen-bond acceptors (Lipinski definition) is 1. The number of benzene rings is 1. The molecule has 0 spiro atoms. The van der Waals surface area contributed by atoms with Crippen molar-refractivity contribution in [3.63, 3.8) is 0 Å². The van der Waals surface area contributed by atoms with Gasteiger partial charge in [-0.1, -0.05) is 44.2 Å². The Morgan fingerprint density at radius 3 is 2.29 bits per heavy atom. The van der Waals surface area contributed by atoms with Crippen molar-refractivity contribution in [1.29, 1.82) is 0 Å². The molecule has 76 valence electrons. The minimum absolute atomic E-state index is 0.384. The van der Waals surface area contributed by atoms with Gasteiger partial charge in [-0.15, -0.1) is 0 Å². The Morgan fingerprint density at radius 2 is 1.79 bits per heavy atom. The van der Waals surface area contributed by atoms with Crippen molar-refractivity contribution >= 4 is 0 Å². The monoisotopic (exact) mass is 189 g/mol. The van der Waals surface area contributed by atoms with Gasteiger partial charge < -0.3 is 5.73 Å². The van der Waals surface area contributed by atoms with Crippen LogP contribution in [0.2, 0.25) is 0 Å². The van der Waals surface area contributed by atoms with E-state index in [4.69, 9.17) is 5.73 Å². The van der Waals surface area contributed by atoms with Gasteiger partial charge in [0.1, 0.15) is 0 Å². The molecule has 0 aliphatic heterocycles. The van der Waals surface area contributed by atoms with E-state index in [-0.39, 0.29) is 0 Å². The van der Waals surface area contributed by atoms with Crippen LogP contribution in [0.1, 0.15) is 25.8 Å². The lowest BCUT2D eigenvalue weighted by Gasteiger charge is -2.02. The molecule has 0 radical (unpaired) electrons. The molecule has 1 aliphatic rings. The summed E-state index contributed by atoms with van der Waals surface area (Å²) in [6.45, 7) is 4.54. The maximum absolute atomic E-state index is 6.01. The smallest absolute Gasteiger partial charge is 0.0128 e. The third-order valence-corrected chi connectivity index (χ3v) is 3.73. The van der Waals surface area contributed by atoms with Gasteiger partial charge in [-0.25, -0.2) is 0 Å². The van der Waals surface area contributed by atoms with Gasteiger partial charge in [0.2, 0.25) is 0 Å². The largest absolute Gasteiger partial charge is 0.327 e. The Morgan fingerprint density at radius 1 is 1.21 bits per heavy atom. The van der Waals surface area contributed by atoms with E-state index in [1.165, 1.54) is 18.4 Å². The fourth-order valence-electron chi connectivity index (χ4n) is 2.30. The van der Waals surface area contributed by atoms with Gasteiger partial charge in [-0.2, -0.15) is 0 Å². The molecule has 1 aromatic rings. The fourth-order valence-corrected chi connectivity index (χ4v) is 2.30. The molecule has 0 saturated heterocycles. The molecule has 0 aromatic heterocycles. The summed E-state index contributed by atoms with van der Waals surface area (Å²) >= 11 is 0. The molecular formula is C13H19N. The molecule has 1 aliphatic carbocycles. The van der Waals surface area contributed by atoms with E-state index < -0.39 is 0 Å². The highest BCUT2D eigenvalue weighted by atomic mass is 14.8. The average molecular weight is 189 g/mol. The maximum Gasteiger partial charge on any atom is 0.0128 e. The van der Waals surface area contributed by atoms with Crippen molar-refractivity contribution in [2.24, 2.45) is 17.1 Å². The highest BCUT2D eigenvalue weighted by Crippen LogP contribution is 2.52. The fraction of sp³-hybridized carbons (Fsp3) is 0.538. The first-order valence-corrected chi connectivity index (χ1v) is 5.42.